The lowest BCUT2D eigenvalue weighted by Gasteiger charge is -2.19. The molecule has 1 saturated heterocycles. The molecule has 70 valence electrons. The Morgan fingerprint density at radius 2 is 2.31 bits per heavy atom. The Morgan fingerprint density at radius 1 is 1.38 bits per heavy atom. The maximum absolute atomic E-state index is 5.28. The highest BCUT2D eigenvalue weighted by molar-refractivity contribution is 7.80. The topological polar surface area (TPSA) is 3.24 Å². The van der Waals surface area contributed by atoms with Crippen molar-refractivity contribution in [3.05, 3.63) is 23.8 Å². The van der Waals surface area contributed by atoms with Gasteiger partial charge < -0.3 is 4.90 Å². The molecule has 1 aliphatic carbocycles. The van der Waals surface area contributed by atoms with Crippen molar-refractivity contribution in [1.29, 1.82) is 0 Å². The molecule has 0 unspecified atom stereocenters. The summed E-state index contributed by atoms with van der Waals surface area (Å²) in [5, 5.41) is 0. The first-order valence-corrected chi connectivity index (χ1v) is 5.40. The summed E-state index contributed by atoms with van der Waals surface area (Å²) in [4.78, 5) is 3.48. The fourth-order valence-electron chi connectivity index (χ4n) is 1.88. The zero-order valence-electron chi connectivity index (χ0n) is 7.83. The Labute approximate surface area is 85.1 Å². The van der Waals surface area contributed by atoms with Gasteiger partial charge in [0.25, 0.3) is 0 Å². The van der Waals surface area contributed by atoms with E-state index >= 15 is 0 Å². The Morgan fingerprint density at radius 3 is 2.92 bits per heavy atom. The van der Waals surface area contributed by atoms with Gasteiger partial charge in [-0.3, -0.25) is 0 Å². The normalized spacial score (nSPS) is 22.3. The molecule has 1 nitrogen and oxygen atoms in total. The molecule has 1 fully saturated rings. The average molecular weight is 193 g/mol. The van der Waals surface area contributed by atoms with Crippen LogP contribution in [0, 0.1) is 0 Å². The predicted octanol–water partition coefficient (Wildman–Crippen LogP) is 2.69. The van der Waals surface area contributed by atoms with E-state index in [-0.39, 0.29) is 0 Å². The first kappa shape index (κ1) is 8.95. The van der Waals surface area contributed by atoms with Gasteiger partial charge in [0, 0.05) is 13.1 Å². The average Bonchev–Trinajstić information content (AvgIpc) is 2.54. The highest BCUT2D eigenvalue weighted by Crippen LogP contribution is 2.16. The summed E-state index contributed by atoms with van der Waals surface area (Å²) in [6.45, 7) is 2.19. The van der Waals surface area contributed by atoms with Crippen LogP contribution >= 0.6 is 12.2 Å². The van der Waals surface area contributed by atoms with E-state index in [0.717, 1.165) is 24.5 Å². The van der Waals surface area contributed by atoms with Gasteiger partial charge in [-0.1, -0.05) is 30.4 Å². The molecular weight excluding hydrogens is 178 g/mol. The second-order valence-electron chi connectivity index (χ2n) is 3.68. The Balaban J connectivity index is 1.93. The maximum Gasteiger partial charge on any atom is 0.0782 e. The first-order chi connectivity index (χ1) is 6.36. The lowest BCUT2D eigenvalue weighted by molar-refractivity contribution is 0.499. The third kappa shape index (κ3) is 2.19. The number of nitrogens with zero attached hydrogens (tertiary/aromatic N) is 1. The molecule has 0 N–H and O–H groups in total. The number of hydrogen-bond donors (Lipinski definition) is 0. The lowest BCUT2D eigenvalue weighted by atomic mass is 10.1. The number of allylic oxidation sites excluding steroid dienone is 2. The van der Waals surface area contributed by atoms with Crippen LogP contribution in [0.4, 0.5) is 0 Å². The Bertz CT molecular complexity index is 265. The van der Waals surface area contributed by atoms with E-state index in [4.69, 9.17) is 12.2 Å². The molecule has 0 amide bonds. The fraction of sp³-hybridized carbons (Fsp3) is 0.545. The third-order valence-electron chi connectivity index (χ3n) is 2.62. The number of likely N-dealkylation sites (tertiary alicyclic amines) is 1. The molecule has 0 radical (unpaired) electrons. The van der Waals surface area contributed by atoms with Gasteiger partial charge in [0.15, 0.2) is 0 Å². The van der Waals surface area contributed by atoms with Crippen molar-refractivity contribution in [1.82, 2.24) is 4.90 Å². The lowest BCUT2D eigenvalue weighted by Crippen LogP contribution is -2.25. The van der Waals surface area contributed by atoms with Crippen LogP contribution in [-0.2, 0) is 0 Å². The van der Waals surface area contributed by atoms with Gasteiger partial charge in [-0.15, -0.1) is 0 Å². The minimum atomic E-state index is 1.04. The first-order valence-electron chi connectivity index (χ1n) is 4.99. The van der Waals surface area contributed by atoms with E-state index in [0.29, 0.717) is 0 Å². The molecule has 0 bridgehead atoms. The van der Waals surface area contributed by atoms with Crippen molar-refractivity contribution in [3.63, 3.8) is 0 Å². The molecule has 0 aromatic heterocycles. The van der Waals surface area contributed by atoms with Gasteiger partial charge in [-0.05, 0) is 31.3 Å². The third-order valence-corrected chi connectivity index (χ3v) is 3.08. The van der Waals surface area contributed by atoms with E-state index in [1.54, 1.807) is 0 Å². The highest BCUT2D eigenvalue weighted by Gasteiger charge is 2.16. The van der Waals surface area contributed by atoms with Crippen LogP contribution in [0.2, 0.25) is 0 Å². The van der Waals surface area contributed by atoms with Crippen LogP contribution in [0.5, 0.6) is 0 Å². The van der Waals surface area contributed by atoms with Crippen molar-refractivity contribution in [3.8, 4) is 0 Å². The van der Waals surface area contributed by atoms with Crippen LogP contribution in [-0.4, -0.2) is 23.0 Å². The Hall–Kier alpha value is -0.630. The van der Waals surface area contributed by atoms with Crippen molar-refractivity contribution >= 4 is 17.2 Å². The summed E-state index contributed by atoms with van der Waals surface area (Å²) >= 11 is 5.28. The molecule has 0 aromatic rings. The standard InChI is InChI=1S/C11H15NS/c13-11-7-4-8-12(11)9-10-5-2-1-3-6-10/h2,5-6H,1,3-4,7-9H2. The monoisotopic (exact) mass is 193 g/mol. The molecule has 2 heteroatoms. The summed E-state index contributed by atoms with van der Waals surface area (Å²) in [7, 11) is 0. The molecule has 2 rings (SSSR count). The molecular formula is C11H15NS. The van der Waals surface area contributed by atoms with Gasteiger partial charge >= 0.3 is 0 Å². The van der Waals surface area contributed by atoms with Crippen molar-refractivity contribution < 1.29 is 0 Å². The molecule has 0 aromatic carbocycles. The van der Waals surface area contributed by atoms with Crippen LogP contribution in [0.1, 0.15) is 25.7 Å². The van der Waals surface area contributed by atoms with E-state index < -0.39 is 0 Å². The zero-order chi connectivity index (χ0) is 9.10. The van der Waals surface area contributed by atoms with Gasteiger partial charge in [0.1, 0.15) is 0 Å². The molecule has 0 atom stereocenters. The molecule has 13 heavy (non-hydrogen) atoms. The van der Waals surface area contributed by atoms with Crippen molar-refractivity contribution in [2.45, 2.75) is 25.7 Å². The second kappa shape index (κ2) is 4.05. The number of thiocarbonyl (C=S) groups is 1. The molecule has 2 aliphatic rings. The van der Waals surface area contributed by atoms with Gasteiger partial charge in [0.2, 0.25) is 0 Å². The molecule has 0 spiro atoms. The minimum Gasteiger partial charge on any atom is -0.362 e. The molecule has 1 aliphatic heterocycles. The smallest absolute Gasteiger partial charge is 0.0782 e. The minimum absolute atomic E-state index is 1.04. The fourth-order valence-corrected chi connectivity index (χ4v) is 2.18. The summed E-state index contributed by atoms with van der Waals surface area (Å²) in [5.74, 6) is 0. The molecule has 0 saturated carbocycles. The van der Waals surface area contributed by atoms with E-state index in [1.165, 1.54) is 24.8 Å². The predicted molar refractivity (Wildman–Crippen MR) is 59.9 cm³/mol. The van der Waals surface area contributed by atoms with E-state index in [1.807, 2.05) is 0 Å². The number of hydrogen-bond acceptors (Lipinski definition) is 1. The van der Waals surface area contributed by atoms with Crippen LogP contribution in [0.25, 0.3) is 0 Å². The van der Waals surface area contributed by atoms with E-state index in [2.05, 4.69) is 23.1 Å². The summed E-state index contributed by atoms with van der Waals surface area (Å²) in [6, 6.07) is 0. The molecule has 1 heterocycles. The SMILES string of the molecule is S=C1CCCN1CC1=CCCC=C1. The van der Waals surface area contributed by atoms with Gasteiger partial charge in [0.05, 0.1) is 4.99 Å². The van der Waals surface area contributed by atoms with Crippen LogP contribution in [0.3, 0.4) is 0 Å². The zero-order valence-corrected chi connectivity index (χ0v) is 8.65. The highest BCUT2D eigenvalue weighted by atomic mass is 32.1. The number of rotatable bonds is 2. The largest absolute Gasteiger partial charge is 0.362 e. The van der Waals surface area contributed by atoms with Crippen LogP contribution < -0.4 is 0 Å². The van der Waals surface area contributed by atoms with Crippen molar-refractivity contribution in [2.75, 3.05) is 13.1 Å². The Kier molecular flexibility index (Phi) is 2.79. The summed E-state index contributed by atoms with van der Waals surface area (Å²) in [5.41, 5.74) is 1.44. The van der Waals surface area contributed by atoms with E-state index in [9.17, 15) is 0 Å². The van der Waals surface area contributed by atoms with Gasteiger partial charge in [-0.25, -0.2) is 0 Å². The summed E-state index contributed by atoms with van der Waals surface area (Å²) < 4.78 is 0. The quantitative estimate of drug-likeness (QED) is 0.620. The van der Waals surface area contributed by atoms with Crippen molar-refractivity contribution in [2.24, 2.45) is 0 Å². The van der Waals surface area contributed by atoms with Crippen LogP contribution in [0.15, 0.2) is 23.8 Å². The second-order valence-corrected chi connectivity index (χ2v) is 4.15. The van der Waals surface area contributed by atoms with Gasteiger partial charge in [-0.2, -0.15) is 0 Å². The maximum atomic E-state index is 5.28. The summed E-state index contributed by atoms with van der Waals surface area (Å²) in [6.07, 6.45) is 11.6.